The third-order valence-corrected chi connectivity index (χ3v) is 12.5. The molecule has 5 aliphatic rings. The molecule has 0 amide bonds. The zero-order valence-corrected chi connectivity index (χ0v) is 39.8. The Hall–Kier alpha value is -7.41. The van der Waals surface area contributed by atoms with Crippen molar-refractivity contribution in [1.29, 1.82) is 0 Å². The summed E-state index contributed by atoms with van der Waals surface area (Å²) in [5.74, 6) is -4.90. The molecule has 4 heterocycles. The molecule has 8 rings (SSSR count). The quantitative estimate of drug-likeness (QED) is 0.0234. The van der Waals surface area contributed by atoms with Crippen LogP contribution in [0, 0.1) is 0 Å². The second-order valence-electron chi connectivity index (χ2n) is 17.8. The van der Waals surface area contributed by atoms with Crippen molar-refractivity contribution < 1.29 is 123 Å². The number of esters is 2. The summed E-state index contributed by atoms with van der Waals surface area (Å²) >= 11 is 0. The minimum Gasteiger partial charge on any atom is -0.508 e. The number of aliphatic hydroxyl groups excluding tert-OH is 9. The van der Waals surface area contributed by atoms with Crippen LogP contribution in [0.15, 0.2) is 100 Å². The first-order valence-corrected chi connectivity index (χ1v) is 23.4. The Morgan fingerprint density at radius 1 is 0.558 bits per heavy atom. The van der Waals surface area contributed by atoms with Gasteiger partial charge in [-0.2, -0.15) is 0 Å². The van der Waals surface area contributed by atoms with Gasteiger partial charge in [-0.15, -0.1) is 0 Å². The summed E-state index contributed by atoms with van der Waals surface area (Å²) in [6.07, 6.45) is -24.0. The molecular weight excluding hydrogens is 1030 g/mol. The number of hydrogen-bond donors (Lipinski definition) is 14. The van der Waals surface area contributed by atoms with Crippen LogP contribution >= 0.6 is 0 Å². The van der Waals surface area contributed by atoms with Gasteiger partial charge in [0.2, 0.25) is 19.2 Å². The average molecular weight is 1080 g/mol. The molecule has 4 aliphatic heterocycles. The van der Waals surface area contributed by atoms with Crippen molar-refractivity contribution in [2.75, 3.05) is 19.8 Å². The average Bonchev–Trinajstić information content (AvgIpc) is 3.46. The van der Waals surface area contributed by atoms with Crippen LogP contribution in [0.1, 0.15) is 11.1 Å². The van der Waals surface area contributed by atoms with Gasteiger partial charge in [0.05, 0.1) is 18.2 Å². The minimum atomic E-state index is -2.15. The molecule has 3 aromatic carbocycles. The van der Waals surface area contributed by atoms with E-state index in [0.717, 1.165) is 30.4 Å². The highest BCUT2D eigenvalue weighted by molar-refractivity contribution is 5.88. The Morgan fingerprint density at radius 2 is 1.10 bits per heavy atom. The maximum Gasteiger partial charge on any atom is 0.510 e. The van der Waals surface area contributed by atoms with Crippen LogP contribution in [0.3, 0.4) is 0 Å². The lowest BCUT2D eigenvalue weighted by atomic mass is 9.97. The van der Waals surface area contributed by atoms with Gasteiger partial charge in [0, 0.05) is 23.8 Å². The van der Waals surface area contributed by atoms with Gasteiger partial charge in [0.15, 0.2) is 52.3 Å². The zero-order chi connectivity index (χ0) is 55.4. The lowest BCUT2D eigenvalue weighted by molar-refractivity contribution is -0.357. The maximum atomic E-state index is 13.1. The maximum absolute atomic E-state index is 13.1. The van der Waals surface area contributed by atoms with Gasteiger partial charge in [-0.3, -0.25) is 4.79 Å². The molecule has 0 aromatic heterocycles. The van der Waals surface area contributed by atoms with E-state index in [4.69, 9.17) is 42.3 Å². The fraction of sp³-hybridized carbons (Fsp3) is 0.353. The van der Waals surface area contributed by atoms with Crippen LogP contribution in [0.2, 0.25) is 0 Å². The van der Waals surface area contributed by atoms with Crippen molar-refractivity contribution >= 4 is 24.1 Å². The molecule has 15 atom stereocenters. The van der Waals surface area contributed by atoms with Crippen LogP contribution in [0.5, 0.6) is 40.2 Å². The second kappa shape index (κ2) is 23.9. The predicted molar refractivity (Wildman–Crippen MR) is 257 cm³/mol. The summed E-state index contributed by atoms with van der Waals surface area (Å²) in [6, 6.07) is 15.9. The lowest BCUT2D eigenvalue weighted by Gasteiger charge is -2.45. The number of rotatable bonds is 16. The number of phenols is 5. The van der Waals surface area contributed by atoms with E-state index in [1.54, 1.807) is 0 Å². The molecule has 0 radical (unpaired) electrons. The number of ether oxygens (including phenoxy) is 8. The van der Waals surface area contributed by atoms with Crippen molar-refractivity contribution in [2.45, 2.75) is 92.1 Å². The molecule has 0 spiro atoms. The molecule has 77 heavy (non-hydrogen) atoms. The molecule has 3 fully saturated rings. The Balaban J connectivity index is 1.12. The highest BCUT2D eigenvalue weighted by atomic mass is 16.8. The van der Waals surface area contributed by atoms with E-state index in [1.807, 2.05) is 0 Å². The number of carbonyl (C=O) groups is 1. The Labute approximate surface area is 433 Å². The largest absolute Gasteiger partial charge is 0.510 e. The molecule has 26 heteroatoms. The summed E-state index contributed by atoms with van der Waals surface area (Å²) < 4.78 is 52.6. The number of hydrogen-bond acceptors (Lipinski definition) is 25. The summed E-state index contributed by atoms with van der Waals surface area (Å²) in [5.41, 5.74) is -0.0924. The summed E-state index contributed by atoms with van der Waals surface area (Å²) in [6.45, 7) is -2.35. The molecule has 0 unspecified atom stereocenters. The van der Waals surface area contributed by atoms with Gasteiger partial charge < -0.3 is 119 Å². The van der Waals surface area contributed by atoms with Gasteiger partial charge in [-0.1, -0.05) is 12.1 Å². The summed E-state index contributed by atoms with van der Waals surface area (Å²) in [7, 11) is 0. The summed E-state index contributed by atoms with van der Waals surface area (Å²) in [5, 5.41) is 147. The number of aliphatic hydroxyl groups is 9. The highest BCUT2D eigenvalue weighted by Gasteiger charge is 2.53. The highest BCUT2D eigenvalue weighted by Crippen LogP contribution is 2.44. The van der Waals surface area contributed by atoms with Crippen LogP contribution < -0.4 is 14.9 Å². The van der Waals surface area contributed by atoms with Crippen LogP contribution in [0.25, 0.3) is 34.8 Å². The van der Waals surface area contributed by atoms with E-state index in [2.05, 4.69) is 0 Å². The number of benzene rings is 4. The molecule has 26 nitrogen and oxygen atoms in total. The van der Waals surface area contributed by atoms with Gasteiger partial charge in [-0.25, -0.2) is 4.79 Å². The van der Waals surface area contributed by atoms with Gasteiger partial charge in [0.25, 0.3) is 0 Å². The monoisotopic (exact) mass is 1080 g/mol. The standard InChI is InChI=1S/C51H52O26/c52-18-34-39(61)42(64)45(67)49(74-34)72-32-16-25(54)15-31-26(32)17-33(47(71-31)23-5-7-24(53)8-6-23)73-51-48(44(66)41(63)36(76-51)20-70-38(60)12-4-22-2-10-28(56)30(58)14-22)77-50-46(68)43(65)40(62)35(75-50)19-69-37(59)11-3-21-1-9-27(55)29(57)13-21/h1-17,34-36,39-46,48-53,55-58,61-68H,18-20H2/p+1/t34-,35-,36-,39-,40-,41-,42+,43+,44+,45-,46-,48-,49-,50+,51-/m1/s1. The Kier molecular flexibility index (Phi) is 17.3. The minimum absolute atomic E-state index is 0.116. The van der Waals surface area contributed by atoms with Crippen LogP contribution in [0.4, 0.5) is 0 Å². The molecular formula is C51H53O26+. The van der Waals surface area contributed by atoms with Crippen molar-refractivity contribution in [2.24, 2.45) is 0 Å². The van der Waals surface area contributed by atoms with E-state index < -0.39 is 152 Å². The number of carbonyl (C=O) groups excluding carboxylic acids is 2. The van der Waals surface area contributed by atoms with Gasteiger partial charge in [-0.05, 0) is 77.9 Å². The first-order valence-electron chi connectivity index (χ1n) is 23.4. The first-order chi connectivity index (χ1) is 36.7. The van der Waals surface area contributed by atoms with Crippen molar-refractivity contribution in [3.05, 3.63) is 112 Å². The topological polar surface area (TPSA) is 426 Å². The fourth-order valence-electron chi connectivity index (χ4n) is 8.23. The second-order valence-corrected chi connectivity index (χ2v) is 17.8. The van der Waals surface area contributed by atoms with Crippen molar-refractivity contribution in [3.63, 3.8) is 0 Å². The molecule has 1 aliphatic carbocycles. The number of fused-ring (bicyclic) bond motifs is 1. The normalized spacial score (nSPS) is 29.6. The van der Waals surface area contributed by atoms with Gasteiger partial charge in [0.1, 0.15) is 91.0 Å². The van der Waals surface area contributed by atoms with E-state index >= 15 is 0 Å². The smallest absolute Gasteiger partial charge is 0.508 e. The van der Waals surface area contributed by atoms with Gasteiger partial charge >= 0.3 is 11.9 Å². The molecule has 15 N–H and O–H groups in total. The fourth-order valence-corrected chi connectivity index (χ4v) is 8.23. The molecule has 0 saturated carbocycles. The van der Waals surface area contributed by atoms with Crippen LogP contribution in [-0.2, 0) is 33.2 Å². The van der Waals surface area contributed by atoms with Crippen molar-refractivity contribution in [3.8, 4) is 62.9 Å². The zero-order valence-electron chi connectivity index (χ0n) is 39.8. The first kappa shape index (κ1) is 55.8. The van der Waals surface area contributed by atoms with E-state index in [9.17, 15) is 85.9 Å². The van der Waals surface area contributed by atoms with Crippen LogP contribution in [-0.4, -0.2) is 200 Å². The number of phenolic OH excluding ortho intramolecular Hbond substituents is 5. The molecule has 3 saturated heterocycles. The third kappa shape index (κ3) is 12.7. The van der Waals surface area contributed by atoms with Crippen molar-refractivity contribution in [1.82, 2.24) is 0 Å². The molecule has 0 bridgehead atoms. The Bertz CT molecular complexity index is 2960. The van der Waals surface area contributed by atoms with E-state index in [-0.39, 0.29) is 45.5 Å². The lowest BCUT2D eigenvalue weighted by Crippen LogP contribution is -2.65. The molecule has 3 aromatic rings. The van der Waals surface area contributed by atoms with E-state index in [1.165, 1.54) is 72.8 Å². The number of aromatic hydroxyl groups is 5. The third-order valence-electron chi connectivity index (χ3n) is 12.5. The summed E-state index contributed by atoms with van der Waals surface area (Å²) in [4.78, 5) is 36.5. The van der Waals surface area contributed by atoms with E-state index in [0.29, 0.717) is 5.56 Å². The SMILES string of the molecule is O=C(C=Cc1ccc(O)c(O)c1)OC[C@H]1O[C@@H](Oc2cc3c(O[C@@H]4O[C@H](CO)[C@@H](O)[C@H](O)[C@H]4O)cc(=O)cc-3oc2-c2ccc(O)cc2)[C@H](O[C@@H]2O[C@H](COC(=[OH+])C=Cc3ccc(O)c(O)c3)[C@@H](O)[C@H](O)[C@H]2O)[C@@H](O)[C@@H]1O. The molecule has 412 valence electrons. The predicted octanol–water partition coefficient (Wildman–Crippen LogP) is -1.37. The Morgan fingerprint density at radius 3 is 1.73 bits per heavy atom.